The molecule has 0 atom stereocenters. The van der Waals surface area contributed by atoms with Crippen LogP contribution in [0.1, 0.15) is 41.3 Å². The molecule has 2 aromatic rings. The first-order chi connectivity index (χ1) is 10.0. The molecule has 0 amide bonds. The van der Waals surface area contributed by atoms with E-state index in [1.54, 1.807) is 31.4 Å². The van der Waals surface area contributed by atoms with E-state index in [4.69, 9.17) is 9.47 Å². The Kier molecular flexibility index (Phi) is 4.63. The number of benzene rings is 2. The van der Waals surface area contributed by atoms with Crippen molar-refractivity contribution in [2.45, 2.75) is 26.7 Å². The monoisotopic (exact) mass is 284 g/mol. The van der Waals surface area contributed by atoms with Crippen LogP contribution in [0, 0.1) is 6.92 Å². The Morgan fingerprint density at radius 3 is 2.52 bits per heavy atom. The number of aryl methyl sites for hydroxylation is 1. The zero-order valence-corrected chi connectivity index (χ0v) is 12.8. The number of esters is 1. The Morgan fingerprint density at radius 1 is 1.10 bits per heavy atom. The van der Waals surface area contributed by atoms with Gasteiger partial charge in [-0.1, -0.05) is 32.0 Å². The molecular weight excluding hydrogens is 264 g/mol. The van der Waals surface area contributed by atoms with Crippen molar-refractivity contribution < 1.29 is 14.3 Å². The number of rotatable bonds is 4. The molecule has 0 aliphatic rings. The molecule has 0 radical (unpaired) electrons. The maximum atomic E-state index is 12.2. The zero-order valence-electron chi connectivity index (χ0n) is 12.8. The summed E-state index contributed by atoms with van der Waals surface area (Å²) in [5.41, 5.74) is 2.56. The lowest BCUT2D eigenvalue weighted by molar-refractivity contribution is 0.0733. The van der Waals surface area contributed by atoms with Crippen LogP contribution in [-0.2, 0) is 0 Å². The van der Waals surface area contributed by atoms with Gasteiger partial charge in [-0.15, -0.1) is 0 Å². The molecule has 0 aliphatic carbocycles. The highest BCUT2D eigenvalue weighted by molar-refractivity contribution is 5.91. The van der Waals surface area contributed by atoms with Crippen LogP contribution in [-0.4, -0.2) is 13.1 Å². The average molecular weight is 284 g/mol. The summed E-state index contributed by atoms with van der Waals surface area (Å²) in [5, 5.41) is 0. The predicted octanol–water partition coefficient (Wildman–Crippen LogP) is 4.35. The Bertz CT molecular complexity index is 645. The standard InChI is InChI=1S/C18H20O3/c1-12(2)14-9-8-13(3)17(11-14)21-18(19)15-6-5-7-16(10-15)20-4/h5-12H,1-4H3. The van der Waals surface area contributed by atoms with Crippen LogP contribution in [0.15, 0.2) is 42.5 Å². The van der Waals surface area contributed by atoms with Crippen LogP contribution in [0.2, 0.25) is 0 Å². The number of ether oxygens (including phenoxy) is 2. The van der Waals surface area contributed by atoms with E-state index in [1.165, 1.54) is 0 Å². The van der Waals surface area contributed by atoms with E-state index in [2.05, 4.69) is 19.9 Å². The molecule has 0 aliphatic heterocycles. The van der Waals surface area contributed by atoms with E-state index in [1.807, 2.05) is 19.1 Å². The molecule has 21 heavy (non-hydrogen) atoms. The van der Waals surface area contributed by atoms with Gasteiger partial charge in [-0.2, -0.15) is 0 Å². The molecule has 0 spiro atoms. The molecule has 0 fully saturated rings. The molecule has 110 valence electrons. The van der Waals surface area contributed by atoms with E-state index in [0.29, 0.717) is 23.0 Å². The van der Waals surface area contributed by atoms with Crippen LogP contribution in [0.3, 0.4) is 0 Å². The molecule has 2 aromatic carbocycles. The number of carbonyl (C=O) groups excluding carboxylic acids is 1. The maximum absolute atomic E-state index is 12.2. The molecule has 0 unspecified atom stereocenters. The molecular formula is C18H20O3. The lowest BCUT2D eigenvalue weighted by atomic mass is 10.0. The van der Waals surface area contributed by atoms with Crippen molar-refractivity contribution in [2.24, 2.45) is 0 Å². The first kappa shape index (κ1) is 15.1. The molecule has 0 N–H and O–H groups in total. The first-order valence-electron chi connectivity index (χ1n) is 6.98. The van der Waals surface area contributed by atoms with Crippen LogP contribution in [0.4, 0.5) is 0 Å². The molecule has 0 aromatic heterocycles. The van der Waals surface area contributed by atoms with Gasteiger partial charge in [0.25, 0.3) is 0 Å². The van der Waals surface area contributed by atoms with Crippen molar-refractivity contribution in [1.29, 1.82) is 0 Å². The quantitative estimate of drug-likeness (QED) is 0.618. The highest BCUT2D eigenvalue weighted by Gasteiger charge is 2.12. The Hall–Kier alpha value is -2.29. The lowest BCUT2D eigenvalue weighted by Crippen LogP contribution is -2.09. The number of carbonyl (C=O) groups is 1. The number of hydrogen-bond donors (Lipinski definition) is 0. The van der Waals surface area contributed by atoms with Gasteiger partial charge in [-0.25, -0.2) is 4.79 Å². The van der Waals surface area contributed by atoms with E-state index in [0.717, 1.165) is 11.1 Å². The van der Waals surface area contributed by atoms with Gasteiger partial charge in [0.15, 0.2) is 0 Å². The Morgan fingerprint density at radius 2 is 1.86 bits per heavy atom. The third-order valence-electron chi connectivity index (χ3n) is 3.39. The summed E-state index contributed by atoms with van der Waals surface area (Å²) < 4.78 is 10.6. The van der Waals surface area contributed by atoms with Crippen LogP contribution < -0.4 is 9.47 Å². The number of methoxy groups -OCH3 is 1. The Balaban J connectivity index is 2.24. The van der Waals surface area contributed by atoms with Crippen molar-refractivity contribution in [2.75, 3.05) is 7.11 Å². The van der Waals surface area contributed by atoms with Crippen molar-refractivity contribution >= 4 is 5.97 Å². The zero-order chi connectivity index (χ0) is 15.4. The second kappa shape index (κ2) is 6.44. The van der Waals surface area contributed by atoms with Gasteiger partial charge in [0, 0.05) is 0 Å². The third-order valence-corrected chi connectivity index (χ3v) is 3.39. The lowest BCUT2D eigenvalue weighted by Gasteiger charge is -2.12. The molecule has 3 nitrogen and oxygen atoms in total. The summed E-state index contributed by atoms with van der Waals surface area (Å²) >= 11 is 0. The summed E-state index contributed by atoms with van der Waals surface area (Å²) in [5.74, 6) is 1.25. The Labute approximate surface area is 125 Å². The van der Waals surface area contributed by atoms with Crippen molar-refractivity contribution in [3.8, 4) is 11.5 Å². The van der Waals surface area contributed by atoms with Crippen LogP contribution in [0.5, 0.6) is 11.5 Å². The van der Waals surface area contributed by atoms with Gasteiger partial charge in [-0.3, -0.25) is 0 Å². The van der Waals surface area contributed by atoms with Crippen molar-refractivity contribution in [3.05, 3.63) is 59.2 Å². The fourth-order valence-corrected chi connectivity index (χ4v) is 1.99. The third kappa shape index (κ3) is 3.63. The largest absolute Gasteiger partial charge is 0.497 e. The van der Waals surface area contributed by atoms with Crippen LogP contribution in [0.25, 0.3) is 0 Å². The van der Waals surface area contributed by atoms with Crippen molar-refractivity contribution in [1.82, 2.24) is 0 Å². The second-order valence-corrected chi connectivity index (χ2v) is 5.30. The van der Waals surface area contributed by atoms with E-state index in [-0.39, 0.29) is 5.97 Å². The fourth-order valence-electron chi connectivity index (χ4n) is 1.99. The summed E-state index contributed by atoms with van der Waals surface area (Å²) in [6.07, 6.45) is 0. The summed E-state index contributed by atoms with van der Waals surface area (Å²) in [6, 6.07) is 12.9. The van der Waals surface area contributed by atoms with Gasteiger partial charge in [0.1, 0.15) is 11.5 Å². The number of hydrogen-bond acceptors (Lipinski definition) is 3. The van der Waals surface area contributed by atoms with E-state index >= 15 is 0 Å². The molecule has 0 bridgehead atoms. The minimum absolute atomic E-state index is 0.377. The maximum Gasteiger partial charge on any atom is 0.343 e. The van der Waals surface area contributed by atoms with Crippen molar-refractivity contribution in [3.63, 3.8) is 0 Å². The highest BCUT2D eigenvalue weighted by atomic mass is 16.5. The smallest absolute Gasteiger partial charge is 0.343 e. The van der Waals surface area contributed by atoms with Gasteiger partial charge < -0.3 is 9.47 Å². The van der Waals surface area contributed by atoms with Crippen LogP contribution >= 0.6 is 0 Å². The van der Waals surface area contributed by atoms with E-state index in [9.17, 15) is 4.79 Å². The topological polar surface area (TPSA) is 35.5 Å². The minimum Gasteiger partial charge on any atom is -0.497 e. The summed E-state index contributed by atoms with van der Waals surface area (Å²) in [7, 11) is 1.57. The summed E-state index contributed by atoms with van der Waals surface area (Å²) in [4.78, 5) is 12.2. The summed E-state index contributed by atoms with van der Waals surface area (Å²) in [6.45, 7) is 6.15. The van der Waals surface area contributed by atoms with Gasteiger partial charge in [0.2, 0.25) is 0 Å². The van der Waals surface area contributed by atoms with Gasteiger partial charge >= 0.3 is 5.97 Å². The molecule has 2 rings (SSSR count). The van der Waals surface area contributed by atoms with Gasteiger partial charge in [-0.05, 0) is 48.2 Å². The fraction of sp³-hybridized carbons (Fsp3) is 0.278. The normalized spacial score (nSPS) is 10.5. The second-order valence-electron chi connectivity index (χ2n) is 5.30. The molecule has 0 heterocycles. The average Bonchev–Trinajstić information content (AvgIpc) is 2.49. The highest BCUT2D eigenvalue weighted by Crippen LogP contribution is 2.25. The molecule has 0 saturated carbocycles. The predicted molar refractivity (Wildman–Crippen MR) is 83.2 cm³/mol. The minimum atomic E-state index is -0.377. The first-order valence-corrected chi connectivity index (χ1v) is 6.98. The van der Waals surface area contributed by atoms with Gasteiger partial charge in [0.05, 0.1) is 12.7 Å². The molecule has 3 heteroatoms. The van der Waals surface area contributed by atoms with E-state index < -0.39 is 0 Å². The SMILES string of the molecule is COc1cccc(C(=O)Oc2cc(C(C)C)ccc2C)c1. The molecule has 0 saturated heterocycles.